The number of carbonyl (C=O) groups is 2. The second kappa shape index (κ2) is 9.79. The first kappa shape index (κ1) is 22.4. The Morgan fingerprint density at radius 3 is 2.15 bits per heavy atom. The summed E-state index contributed by atoms with van der Waals surface area (Å²) >= 11 is 6.05. The highest BCUT2D eigenvalue weighted by atomic mass is 35.5. The van der Waals surface area contributed by atoms with Gasteiger partial charge in [0, 0.05) is 10.7 Å². The van der Waals surface area contributed by atoms with E-state index in [0.717, 1.165) is 10.6 Å². The van der Waals surface area contributed by atoms with Gasteiger partial charge in [0.05, 0.1) is 24.5 Å². The van der Waals surface area contributed by atoms with Crippen LogP contribution in [0.2, 0.25) is 5.02 Å². The normalized spacial score (nSPS) is 13.5. The second-order valence-corrected chi connectivity index (χ2v) is 7.62. The summed E-state index contributed by atoms with van der Waals surface area (Å²) in [6.45, 7) is 4.72. The van der Waals surface area contributed by atoms with Crippen molar-refractivity contribution in [3.8, 4) is 11.5 Å². The fourth-order valence-corrected chi connectivity index (χ4v) is 3.74. The predicted octanol–water partition coefficient (Wildman–Crippen LogP) is 5.53. The van der Waals surface area contributed by atoms with Crippen molar-refractivity contribution < 1.29 is 19.1 Å². The summed E-state index contributed by atoms with van der Waals surface area (Å²) < 4.78 is 11.2. The maximum Gasteiger partial charge on any atom is 0.282 e. The monoisotopic (exact) mass is 462 g/mol. The third kappa shape index (κ3) is 4.56. The average molecular weight is 463 g/mol. The van der Waals surface area contributed by atoms with E-state index in [0.29, 0.717) is 40.9 Å². The van der Waals surface area contributed by atoms with Crippen molar-refractivity contribution in [3.63, 3.8) is 0 Å². The Morgan fingerprint density at radius 1 is 0.818 bits per heavy atom. The number of para-hydroxylation sites is 2. The van der Waals surface area contributed by atoms with Crippen LogP contribution in [0, 0.1) is 0 Å². The van der Waals surface area contributed by atoms with E-state index in [9.17, 15) is 9.59 Å². The minimum Gasteiger partial charge on any atom is -0.494 e. The molecule has 0 aromatic heterocycles. The third-order valence-electron chi connectivity index (χ3n) is 5.06. The first-order valence-electron chi connectivity index (χ1n) is 10.6. The minimum absolute atomic E-state index is 0.179. The fourth-order valence-electron chi connectivity index (χ4n) is 3.61. The molecule has 0 aliphatic carbocycles. The number of hydrogen-bond acceptors (Lipinski definition) is 5. The molecule has 0 saturated carbocycles. The fraction of sp³-hybridized carbons (Fsp3) is 0.154. The van der Waals surface area contributed by atoms with Gasteiger partial charge in [0.2, 0.25) is 0 Å². The molecule has 0 bridgehead atoms. The molecule has 0 fully saturated rings. The molecule has 1 aliphatic heterocycles. The topological polar surface area (TPSA) is 67.9 Å². The number of nitrogens with one attached hydrogen (secondary N) is 1. The highest BCUT2D eigenvalue weighted by molar-refractivity contribution is 6.46. The molecule has 0 saturated heterocycles. The molecular formula is C26H23ClN2O4. The molecule has 7 heteroatoms. The van der Waals surface area contributed by atoms with Gasteiger partial charge in [-0.2, -0.15) is 0 Å². The van der Waals surface area contributed by atoms with Gasteiger partial charge in [0.1, 0.15) is 17.2 Å². The number of halogens is 1. The van der Waals surface area contributed by atoms with E-state index in [4.69, 9.17) is 21.1 Å². The van der Waals surface area contributed by atoms with Crippen LogP contribution in [0.1, 0.15) is 19.4 Å². The molecule has 2 amide bonds. The van der Waals surface area contributed by atoms with E-state index in [1.165, 1.54) is 0 Å². The van der Waals surface area contributed by atoms with E-state index in [1.54, 1.807) is 72.8 Å². The lowest BCUT2D eigenvalue weighted by Gasteiger charge is -2.19. The minimum atomic E-state index is -0.467. The molecule has 6 nitrogen and oxygen atoms in total. The zero-order chi connectivity index (χ0) is 23.4. The maximum atomic E-state index is 13.6. The van der Waals surface area contributed by atoms with Crippen molar-refractivity contribution >= 4 is 40.4 Å². The van der Waals surface area contributed by atoms with Crippen LogP contribution in [0.3, 0.4) is 0 Å². The first-order chi connectivity index (χ1) is 16.0. The Kier molecular flexibility index (Phi) is 6.66. The molecule has 168 valence electrons. The quantitative estimate of drug-likeness (QED) is 0.445. The van der Waals surface area contributed by atoms with Crippen LogP contribution in [0.25, 0.3) is 5.57 Å². The van der Waals surface area contributed by atoms with Gasteiger partial charge in [-0.15, -0.1) is 0 Å². The zero-order valence-corrected chi connectivity index (χ0v) is 19.1. The molecule has 1 heterocycles. The average Bonchev–Trinajstić information content (AvgIpc) is 3.06. The van der Waals surface area contributed by atoms with Crippen molar-refractivity contribution in [2.24, 2.45) is 0 Å². The van der Waals surface area contributed by atoms with E-state index in [-0.39, 0.29) is 11.3 Å². The highest BCUT2D eigenvalue weighted by Crippen LogP contribution is 2.38. The maximum absolute atomic E-state index is 13.6. The van der Waals surface area contributed by atoms with Crippen molar-refractivity contribution in [3.05, 3.63) is 89.1 Å². The third-order valence-corrected chi connectivity index (χ3v) is 5.31. The van der Waals surface area contributed by atoms with E-state index >= 15 is 0 Å². The standard InChI is InChI=1S/C26H23ClN2O4/c1-3-32-20-15-13-19(14-16-20)28-24-23(17-9-11-18(27)12-10-17)25(30)29(26(24)31)21-7-5-6-8-22(21)33-4-2/h5-16,28H,3-4H2,1-2H3. The number of carbonyl (C=O) groups excluding carboxylic acids is 2. The van der Waals surface area contributed by atoms with Gasteiger partial charge in [-0.05, 0) is 67.9 Å². The Labute approximate surface area is 197 Å². The second-order valence-electron chi connectivity index (χ2n) is 7.19. The van der Waals surface area contributed by atoms with Crippen LogP contribution in [0.15, 0.2) is 78.5 Å². The zero-order valence-electron chi connectivity index (χ0n) is 18.3. The van der Waals surface area contributed by atoms with Gasteiger partial charge in [0.15, 0.2) is 0 Å². The summed E-state index contributed by atoms with van der Waals surface area (Å²) in [6, 6.07) is 21.0. The van der Waals surface area contributed by atoms with Crippen LogP contribution >= 0.6 is 11.6 Å². The van der Waals surface area contributed by atoms with E-state index < -0.39 is 11.8 Å². The Balaban J connectivity index is 1.77. The number of ether oxygens (including phenoxy) is 2. The first-order valence-corrected chi connectivity index (χ1v) is 11.0. The van der Waals surface area contributed by atoms with E-state index in [1.807, 2.05) is 13.8 Å². The van der Waals surface area contributed by atoms with Crippen molar-refractivity contribution in [2.75, 3.05) is 23.4 Å². The molecule has 0 atom stereocenters. The molecular weight excluding hydrogens is 440 g/mol. The van der Waals surface area contributed by atoms with E-state index in [2.05, 4.69) is 5.32 Å². The largest absolute Gasteiger partial charge is 0.494 e. The number of benzene rings is 3. The molecule has 1 N–H and O–H groups in total. The lowest BCUT2D eigenvalue weighted by Crippen LogP contribution is -2.32. The lowest BCUT2D eigenvalue weighted by molar-refractivity contribution is -0.120. The molecule has 4 rings (SSSR count). The molecule has 3 aromatic carbocycles. The van der Waals surface area contributed by atoms with Gasteiger partial charge in [0.25, 0.3) is 11.8 Å². The van der Waals surface area contributed by atoms with Crippen LogP contribution in [-0.2, 0) is 9.59 Å². The van der Waals surface area contributed by atoms with Crippen molar-refractivity contribution in [1.29, 1.82) is 0 Å². The van der Waals surface area contributed by atoms with Crippen molar-refractivity contribution in [2.45, 2.75) is 13.8 Å². The van der Waals surface area contributed by atoms with Crippen LogP contribution in [0.5, 0.6) is 11.5 Å². The molecule has 0 spiro atoms. The van der Waals surface area contributed by atoms with Gasteiger partial charge in [-0.1, -0.05) is 35.9 Å². The SMILES string of the molecule is CCOc1ccc(NC2=C(c3ccc(Cl)cc3)C(=O)N(c3ccccc3OCC)C2=O)cc1. The van der Waals surface area contributed by atoms with Crippen LogP contribution in [0.4, 0.5) is 11.4 Å². The smallest absolute Gasteiger partial charge is 0.282 e. The van der Waals surface area contributed by atoms with Crippen LogP contribution in [-0.4, -0.2) is 25.0 Å². The summed E-state index contributed by atoms with van der Waals surface area (Å²) in [5, 5.41) is 3.68. The number of anilines is 2. The van der Waals surface area contributed by atoms with Crippen LogP contribution < -0.4 is 19.7 Å². The number of nitrogens with zero attached hydrogens (tertiary/aromatic N) is 1. The number of rotatable bonds is 8. The Bertz CT molecular complexity index is 1200. The molecule has 0 radical (unpaired) electrons. The summed E-state index contributed by atoms with van der Waals surface area (Å²) in [5.74, 6) is 0.268. The molecule has 1 aliphatic rings. The Morgan fingerprint density at radius 2 is 1.48 bits per heavy atom. The summed E-state index contributed by atoms with van der Waals surface area (Å²) in [6.07, 6.45) is 0. The molecule has 0 unspecified atom stereocenters. The summed E-state index contributed by atoms with van der Waals surface area (Å²) in [5.41, 5.74) is 2.07. The number of imide groups is 1. The van der Waals surface area contributed by atoms with Gasteiger partial charge in [-0.25, -0.2) is 4.90 Å². The number of amides is 2. The summed E-state index contributed by atoms with van der Waals surface area (Å²) in [4.78, 5) is 28.3. The predicted molar refractivity (Wildman–Crippen MR) is 130 cm³/mol. The van der Waals surface area contributed by atoms with Gasteiger partial charge in [-0.3, -0.25) is 9.59 Å². The molecule has 33 heavy (non-hydrogen) atoms. The number of hydrogen-bond donors (Lipinski definition) is 1. The lowest BCUT2D eigenvalue weighted by atomic mass is 10.0. The highest BCUT2D eigenvalue weighted by Gasteiger charge is 2.41. The summed E-state index contributed by atoms with van der Waals surface area (Å²) in [7, 11) is 0. The van der Waals surface area contributed by atoms with Gasteiger partial charge >= 0.3 is 0 Å². The van der Waals surface area contributed by atoms with Gasteiger partial charge < -0.3 is 14.8 Å². The Hall–Kier alpha value is -3.77. The van der Waals surface area contributed by atoms with Crippen molar-refractivity contribution in [1.82, 2.24) is 0 Å². The molecule has 3 aromatic rings.